The van der Waals surface area contributed by atoms with Crippen LogP contribution in [0.25, 0.3) is 0 Å². The molecular weight excluding hydrogens is 241 g/mol. The molecule has 1 aromatic heterocycles. The average molecular weight is 257 g/mol. The number of nitrogens with one attached hydrogen (secondary N) is 1. The first kappa shape index (κ1) is 12.8. The largest absolute Gasteiger partial charge is 0.492 e. The number of aromatic nitrogens is 2. The van der Waals surface area contributed by atoms with E-state index in [2.05, 4.69) is 4.90 Å². The lowest BCUT2D eigenvalue weighted by atomic mass is 10.3. The lowest BCUT2D eigenvalue weighted by molar-refractivity contribution is 0.222. The molecular formula is C11H16FN3O3. The Hall–Kier alpha value is -1.63. The summed E-state index contributed by atoms with van der Waals surface area (Å²) < 4.78 is 14.1. The van der Waals surface area contributed by atoms with Crippen LogP contribution in [-0.2, 0) is 6.54 Å². The fourth-order valence-corrected chi connectivity index (χ4v) is 2.27. The van der Waals surface area contributed by atoms with Crippen LogP contribution in [0.2, 0.25) is 0 Å². The number of hydrogen-bond donors (Lipinski definition) is 2. The molecule has 2 heterocycles. The average Bonchev–Trinajstić information content (AvgIpc) is 2.85. The van der Waals surface area contributed by atoms with Gasteiger partial charge >= 0.3 is 5.69 Å². The Balaban J connectivity index is 2.26. The Labute approximate surface area is 103 Å². The van der Waals surface area contributed by atoms with Crippen LogP contribution >= 0.6 is 0 Å². The van der Waals surface area contributed by atoms with E-state index >= 15 is 0 Å². The second-order valence-electron chi connectivity index (χ2n) is 4.60. The number of aromatic amines is 1. The van der Waals surface area contributed by atoms with Crippen molar-refractivity contribution in [1.82, 2.24) is 14.5 Å². The highest BCUT2D eigenvalue weighted by molar-refractivity contribution is 5.09. The number of halogens is 1. The summed E-state index contributed by atoms with van der Waals surface area (Å²) in [6.07, 6.45) is 2.20. The monoisotopic (exact) mass is 257 g/mol. The van der Waals surface area contributed by atoms with Crippen molar-refractivity contribution in [2.24, 2.45) is 0 Å². The summed E-state index contributed by atoms with van der Waals surface area (Å²) in [4.78, 5) is 26.5. The van der Waals surface area contributed by atoms with Gasteiger partial charge in [0.15, 0.2) is 0 Å². The van der Waals surface area contributed by atoms with Gasteiger partial charge in [0.25, 0.3) is 5.56 Å². The highest BCUT2D eigenvalue weighted by Gasteiger charge is 2.21. The number of rotatable bonds is 3. The lowest BCUT2D eigenvalue weighted by Gasteiger charge is -2.24. The van der Waals surface area contributed by atoms with E-state index in [1.54, 1.807) is 0 Å². The predicted molar refractivity (Wildman–Crippen MR) is 63.2 cm³/mol. The van der Waals surface area contributed by atoms with Crippen LogP contribution in [-0.4, -0.2) is 38.7 Å². The Morgan fingerprint density at radius 1 is 1.39 bits per heavy atom. The maximum atomic E-state index is 13.2. The van der Waals surface area contributed by atoms with Crippen molar-refractivity contribution in [2.45, 2.75) is 32.4 Å². The first-order valence-corrected chi connectivity index (χ1v) is 5.96. The van der Waals surface area contributed by atoms with Crippen LogP contribution in [0.15, 0.2) is 9.59 Å². The Kier molecular flexibility index (Phi) is 3.51. The zero-order chi connectivity index (χ0) is 13.3. The summed E-state index contributed by atoms with van der Waals surface area (Å²) in [5.74, 6) is -2.21. The number of hydrogen-bond acceptors (Lipinski definition) is 4. The van der Waals surface area contributed by atoms with Crippen molar-refractivity contribution in [1.29, 1.82) is 0 Å². The van der Waals surface area contributed by atoms with Crippen molar-refractivity contribution < 1.29 is 9.50 Å². The van der Waals surface area contributed by atoms with Gasteiger partial charge in [0.05, 0.1) is 0 Å². The minimum atomic E-state index is -1.32. The van der Waals surface area contributed by atoms with Gasteiger partial charge in [-0.3, -0.25) is 19.2 Å². The van der Waals surface area contributed by atoms with E-state index in [1.165, 1.54) is 0 Å². The third-order valence-electron chi connectivity index (χ3n) is 3.33. The summed E-state index contributed by atoms with van der Waals surface area (Å²) in [5.41, 5.74) is -1.98. The van der Waals surface area contributed by atoms with Gasteiger partial charge in [-0.05, 0) is 32.9 Å². The summed E-state index contributed by atoms with van der Waals surface area (Å²) in [6.45, 7) is 3.92. The predicted octanol–water partition coefficient (Wildman–Crippen LogP) is -0.134. The van der Waals surface area contributed by atoms with Crippen LogP contribution < -0.4 is 11.2 Å². The first-order chi connectivity index (χ1) is 8.50. The SMILES string of the molecule is CC(Cn1c(O)c(F)c(=O)[nH]c1=O)N1CCCC1. The minimum absolute atomic E-state index is 0.00130. The third kappa shape index (κ3) is 2.31. The molecule has 2 N–H and O–H groups in total. The molecule has 1 saturated heterocycles. The van der Waals surface area contributed by atoms with E-state index in [0.717, 1.165) is 30.5 Å². The number of nitrogens with zero attached hydrogens (tertiary/aromatic N) is 2. The summed E-state index contributed by atoms with van der Waals surface area (Å²) >= 11 is 0. The molecule has 1 unspecified atom stereocenters. The Morgan fingerprint density at radius 3 is 2.61 bits per heavy atom. The normalized spacial score (nSPS) is 18.1. The fraction of sp³-hybridized carbons (Fsp3) is 0.636. The molecule has 0 amide bonds. The van der Waals surface area contributed by atoms with E-state index in [-0.39, 0.29) is 12.6 Å². The molecule has 2 rings (SSSR count). The molecule has 0 aliphatic carbocycles. The molecule has 0 saturated carbocycles. The van der Waals surface area contributed by atoms with Gasteiger partial charge in [0, 0.05) is 12.6 Å². The number of H-pyrrole nitrogens is 1. The van der Waals surface area contributed by atoms with Crippen molar-refractivity contribution in [3.05, 3.63) is 26.7 Å². The van der Waals surface area contributed by atoms with Crippen LogP contribution in [0, 0.1) is 5.82 Å². The molecule has 7 heteroatoms. The molecule has 1 aromatic rings. The third-order valence-corrected chi connectivity index (χ3v) is 3.33. The molecule has 1 aliphatic rings. The van der Waals surface area contributed by atoms with Gasteiger partial charge in [-0.2, -0.15) is 4.39 Å². The van der Waals surface area contributed by atoms with Crippen LogP contribution in [0.1, 0.15) is 19.8 Å². The molecule has 6 nitrogen and oxygen atoms in total. The molecule has 1 fully saturated rings. The molecule has 1 atom stereocenters. The zero-order valence-corrected chi connectivity index (χ0v) is 10.1. The van der Waals surface area contributed by atoms with E-state index in [1.807, 2.05) is 11.9 Å². The highest BCUT2D eigenvalue weighted by Crippen LogP contribution is 2.14. The summed E-state index contributed by atoms with van der Waals surface area (Å²) in [5, 5.41) is 9.50. The van der Waals surface area contributed by atoms with E-state index in [4.69, 9.17) is 0 Å². The molecule has 18 heavy (non-hydrogen) atoms. The number of aromatic hydroxyl groups is 1. The minimum Gasteiger partial charge on any atom is -0.492 e. The number of likely N-dealkylation sites (tertiary alicyclic amines) is 1. The van der Waals surface area contributed by atoms with Crippen LogP contribution in [0.4, 0.5) is 4.39 Å². The van der Waals surface area contributed by atoms with E-state index < -0.39 is 22.9 Å². The second kappa shape index (κ2) is 4.93. The maximum absolute atomic E-state index is 13.2. The lowest BCUT2D eigenvalue weighted by Crippen LogP contribution is -2.39. The molecule has 0 aromatic carbocycles. The van der Waals surface area contributed by atoms with Gasteiger partial charge in [-0.1, -0.05) is 0 Å². The van der Waals surface area contributed by atoms with Crippen LogP contribution in [0.5, 0.6) is 5.88 Å². The fourth-order valence-electron chi connectivity index (χ4n) is 2.27. The Bertz CT molecular complexity index is 545. The smallest absolute Gasteiger partial charge is 0.331 e. The van der Waals surface area contributed by atoms with Gasteiger partial charge in [0.2, 0.25) is 11.7 Å². The van der Waals surface area contributed by atoms with Crippen LogP contribution in [0.3, 0.4) is 0 Å². The summed E-state index contributed by atoms with van der Waals surface area (Å²) in [7, 11) is 0. The van der Waals surface area contributed by atoms with Crippen molar-refractivity contribution in [3.8, 4) is 5.88 Å². The van der Waals surface area contributed by atoms with E-state index in [9.17, 15) is 19.1 Å². The van der Waals surface area contributed by atoms with Gasteiger partial charge in [-0.25, -0.2) is 4.79 Å². The van der Waals surface area contributed by atoms with E-state index in [0.29, 0.717) is 0 Å². The Morgan fingerprint density at radius 2 is 2.00 bits per heavy atom. The topological polar surface area (TPSA) is 78.3 Å². The molecule has 0 spiro atoms. The first-order valence-electron chi connectivity index (χ1n) is 5.96. The molecule has 1 aliphatic heterocycles. The standard InChI is InChI=1S/C11H16FN3O3/c1-7(14-4-2-3-5-14)6-15-10(17)8(12)9(16)13-11(15)18/h7,17H,2-6H2,1H3,(H,13,16,18). The highest BCUT2D eigenvalue weighted by atomic mass is 19.1. The molecule has 0 bridgehead atoms. The van der Waals surface area contributed by atoms with Gasteiger partial charge < -0.3 is 5.11 Å². The molecule has 100 valence electrons. The zero-order valence-electron chi connectivity index (χ0n) is 10.1. The van der Waals surface area contributed by atoms with Gasteiger partial charge in [-0.15, -0.1) is 0 Å². The second-order valence-corrected chi connectivity index (χ2v) is 4.60. The van der Waals surface area contributed by atoms with Crippen molar-refractivity contribution in [2.75, 3.05) is 13.1 Å². The van der Waals surface area contributed by atoms with Crippen molar-refractivity contribution >= 4 is 0 Å². The summed E-state index contributed by atoms with van der Waals surface area (Å²) in [6, 6.07) is 0.00130. The quantitative estimate of drug-likeness (QED) is 0.790. The van der Waals surface area contributed by atoms with Gasteiger partial charge in [0.1, 0.15) is 0 Å². The maximum Gasteiger partial charge on any atom is 0.331 e. The van der Waals surface area contributed by atoms with Crippen molar-refractivity contribution in [3.63, 3.8) is 0 Å². The molecule has 0 radical (unpaired) electrons.